The molecule has 5 heteroatoms. The smallest absolute Gasteiger partial charge is 0.426 e. The van der Waals surface area contributed by atoms with Crippen LogP contribution in [0.15, 0.2) is 0 Å². The molecule has 1 unspecified atom stereocenters. The average molecular weight is 256 g/mol. The molecule has 0 aliphatic heterocycles. The third-order valence-corrected chi connectivity index (χ3v) is 3.54. The van der Waals surface area contributed by atoms with Crippen molar-refractivity contribution in [1.82, 2.24) is 10.9 Å². The fourth-order valence-electron chi connectivity index (χ4n) is 2.50. The van der Waals surface area contributed by atoms with Crippen molar-refractivity contribution in [3.8, 4) is 0 Å². The first-order valence-corrected chi connectivity index (χ1v) is 6.85. The van der Waals surface area contributed by atoms with E-state index in [2.05, 4.69) is 22.5 Å². The van der Waals surface area contributed by atoms with Crippen molar-refractivity contribution < 1.29 is 14.3 Å². The van der Waals surface area contributed by atoms with Crippen LogP contribution in [0.2, 0.25) is 0 Å². The van der Waals surface area contributed by atoms with Gasteiger partial charge in [0.2, 0.25) is 5.91 Å². The summed E-state index contributed by atoms with van der Waals surface area (Å²) in [4.78, 5) is 22.6. The van der Waals surface area contributed by atoms with Gasteiger partial charge in [-0.1, -0.05) is 39.0 Å². The van der Waals surface area contributed by atoms with Crippen molar-refractivity contribution in [2.45, 2.75) is 52.4 Å². The van der Waals surface area contributed by atoms with Crippen LogP contribution in [0.4, 0.5) is 4.79 Å². The van der Waals surface area contributed by atoms with Gasteiger partial charge < -0.3 is 4.74 Å². The molecule has 2 amide bonds. The zero-order valence-electron chi connectivity index (χ0n) is 11.3. The van der Waals surface area contributed by atoms with E-state index in [0.29, 0.717) is 24.9 Å². The van der Waals surface area contributed by atoms with Gasteiger partial charge in [0.05, 0.1) is 6.61 Å². The van der Waals surface area contributed by atoms with E-state index >= 15 is 0 Å². The van der Waals surface area contributed by atoms with Crippen LogP contribution in [0.3, 0.4) is 0 Å². The van der Waals surface area contributed by atoms with Crippen LogP contribution in [0.5, 0.6) is 0 Å². The Labute approximate surface area is 109 Å². The first-order chi connectivity index (χ1) is 8.63. The van der Waals surface area contributed by atoms with Crippen molar-refractivity contribution in [2.24, 2.45) is 11.8 Å². The van der Waals surface area contributed by atoms with Crippen LogP contribution in [-0.4, -0.2) is 18.6 Å². The summed E-state index contributed by atoms with van der Waals surface area (Å²) in [5.41, 5.74) is 4.60. The molecule has 0 spiro atoms. The molecule has 0 aromatic rings. The summed E-state index contributed by atoms with van der Waals surface area (Å²) >= 11 is 0. The molecule has 0 aromatic carbocycles. The zero-order valence-corrected chi connectivity index (χ0v) is 11.3. The van der Waals surface area contributed by atoms with E-state index in [0.717, 1.165) is 0 Å². The Kier molecular flexibility index (Phi) is 6.54. The maximum absolute atomic E-state index is 11.6. The average Bonchev–Trinajstić information content (AvgIpc) is 2.38. The number of ether oxygens (including phenoxy) is 1. The van der Waals surface area contributed by atoms with Crippen LogP contribution in [0, 0.1) is 11.8 Å². The van der Waals surface area contributed by atoms with Crippen molar-refractivity contribution in [2.75, 3.05) is 6.61 Å². The summed E-state index contributed by atoms with van der Waals surface area (Å²) in [5, 5.41) is 0. The molecule has 5 nitrogen and oxygen atoms in total. The summed E-state index contributed by atoms with van der Waals surface area (Å²) in [6.45, 7) is 4.12. The highest BCUT2D eigenvalue weighted by molar-refractivity contribution is 5.79. The first kappa shape index (κ1) is 14.8. The molecular formula is C13H24N2O3. The molecule has 1 aliphatic rings. The van der Waals surface area contributed by atoms with Crippen molar-refractivity contribution in [3.63, 3.8) is 0 Å². The quantitative estimate of drug-likeness (QED) is 0.759. The van der Waals surface area contributed by atoms with Gasteiger partial charge in [0.25, 0.3) is 0 Å². The van der Waals surface area contributed by atoms with E-state index < -0.39 is 6.09 Å². The summed E-state index contributed by atoms with van der Waals surface area (Å²) in [6.07, 6.45) is 6.15. The summed E-state index contributed by atoms with van der Waals surface area (Å²) in [5.74, 6) is 0.863. The lowest BCUT2D eigenvalue weighted by atomic mass is 9.79. The number of hydrogen-bond acceptors (Lipinski definition) is 3. The van der Waals surface area contributed by atoms with E-state index in [9.17, 15) is 9.59 Å². The zero-order chi connectivity index (χ0) is 13.4. The fourth-order valence-corrected chi connectivity index (χ4v) is 2.50. The topological polar surface area (TPSA) is 67.4 Å². The Morgan fingerprint density at radius 3 is 2.50 bits per heavy atom. The van der Waals surface area contributed by atoms with Crippen LogP contribution in [0.25, 0.3) is 0 Å². The summed E-state index contributed by atoms with van der Waals surface area (Å²) in [6, 6.07) is 0. The number of carbonyl (C=O) groups is 2. The standard InChI is InChI=1S/C13H24N2O3/c1-3-18-13(17)15-14-12(16)9-10(2)11-7-5-4-6-8-11/h10-11H,3-9H2,1-2H3,(H,14,16)(H,15,17). The molecular weight excluding hydrogens is 232 g/mol. The molecule has 1 aliphatic carbocycles. The Morgan fingerprint density at radius 1 is 1.22 bits per heavy atom. The van der Waals surface area contributed by atoms with E-state index in [4.69, 9.17) is 0 Å². The predicted octanol–water partition coefficient (Wildman–Crippen LogP) is 2.37. The Morgan fingerprint density at radius 2 is 1.89 bits per heavy atom. The lowest BCUT2D eigenvalue weighted by molar-refractivity contribution is -0.123. The van der Waals surface area contributed by atoms with Gasteiger partial charge in [-0.15, -0.1) is 0 Å². The number of hydrogen-bond donors (Lipinski definition) is 2. The minimum Gasteiger partial charge on any atom is -0.449 e. The minimum absolute atomic E-state index is 0.152. The van der Waals surface area contributed by atoms with Gasteiger partial charge in [-0.3, -0.25) is 10.2 Å². The normalized spacial score (nSPS) is 17.9. The highest BCUT2D eigenvalue weighted by Gasteiger charge is 2.22. The van der Waals surface area contributed by atoms with E-state index in [1.807, 2.05) is 0 Å². The van der Waals surface area contributed by atoms with Gasteiger partial charge in [0.1, 0.15) is 0 Å². The Hall–Kier alpha value is -1.26. The van der Waals surface area contributed by atoms with E-state index in [-0.39, 0.29) is 5.91 Å². The highest BCUT2D eigenvalue weighted by Crippen LogP contribution is 2.31. The Bertz CT molecular complexity index is 275. The number of hydrazine groups is 1. The fraction of sp³-hybridized carbons (Fsp3) is 0.846. The third-order valence-electron chi connectivity index (χ3n) is 3.54. The molecule has 104 valence electrons. The molecule has 0 bridgehead atoms. The minimum atomic E-state index is -0.615. The monoisotopic (exact) mass is 256 g/mol. The van der Waals surface area contributed by atoms with Gasteiger partial charge in [-0.25, -0.2) is 10.2 Å². The third kappa shape index (κ3) is 5.38. The Balaban J connectivity index is 2.20. The van der Waals surface area contributed by atoms with Crippen LogP contribution in [0.1, 0.15) is 52.4 Å². The van der Waals surface area contributed by atoms with Crippen LogP contribution in [-0.2, 0) is 9.53 Å². The van der Waals surface area contributed by atoms with Gasteiger partial charge in [-0.05, 0) is 18.8 Å². The molecule has 0 radical (unpaired) electrons. The van der Waals surface area contributed by atoms with Gasteiger partial charge >= 0.3 is 6.09 Å². The molecule has 0 saturated heterocycles. The highest BCUT2D eigenvalue weighted by atomic mass is 16.5. The number of nitrogens with one attached hydrogen (secondary N) is 2. The SMILES string of the molecule is CCOC(=O)NNC(=O)CC(C)C1CCCCC1. The first-order valence-electron chi connectivity index (χ1n) is 6.85. The molecule has 0 heterocycles. The molecule has 1 rings (SSSR count). The second-order valence-electron chi connectivity index (χ2n) is 4.97. The molecule has 0 aromatic heterocycles. The predicted molar refractivity (Wildman–Crippen MR) is 68.7 cm³/mol. The van der Waals surface area contributed by atoms with E-state index in [1.54, 1.807) is 6.92 Å². The lowest BCUT2D eigenvalue weighted by Crippen LogP contribution is -2.42. The summed E-state index contributed by atoms with van der Waals surface area (Å²) in [7, 11) is 0. The number of amides is 2. The number of rotatable bonds is 4. The van der Waals surface area contributed by atoms with Gasteiger partial charge in [-0.2, -0.15) is 0 Å². The number of carbonyl (C=O) groups excluding carboxylic acids is 2. The maximum atomic E-state index is 11.6. The molecule has 2 N–H and O–H groups in total. The van der Waals surface area contributed by atoms with Crippen LogP contribution >= 0.6 is 0 Å². The summed E-state index contributed by atoms with van der Waals surface area (Å²) < 4.78 is 4.65. The van der Waals surface area contributed by atoms with Crippen molar-refractivity contribution in [1.29, 1.82) is 0 Å². The maximum Gasteiger partial charge on any atom is 0.426 e. The molecule has 1 fully saturated rings. The van der Waals surface area contributed by atoms with Crippen molar-refractivity contribution in [3.05, 3.63) is 0 Å². The lowest BCUT2D eigenvalue weighted by Gasteiger charge is -2.27. The van der Waals surface area contributed by atoms with Crippen molar-refractivity contribution >= 4 is 12.0 Å². The van der Waals surface area contributed by atoms with Gasteiger partial charge in [0.15, 0.2) is 0 Å². The molecule has 1 atom stereocenters. The second-order valence-corrected chi connectivity index (χ2v) is 4.97. The van der Waals surface area contributed by atoms with Crippen LogP contribution < -0.4 is 10.9 Å². The molecule has 1 saturated carbocycles. The largest absolute Gasteiger partial charge is 0.449 e. The van der Waals surface area contributed by atoms with E-state index in [1.165, 1.54) is 32.1 Å². The second kappa shape index (κ2) is 7.95. The molecule has 18 heavy (non-hydrogen) atoms. The van der Waals surface area contributed by atoms with Gasteiger partial charge in [0, 0.05) is 6.42 Å².